The molecular weight excluding hydrogens is 368 g/mol. The summed E-state index contributed by atoms with van der Waals surface area (Å²) < 4.78 is 1.02. The van der Waals surface area contributed by atoms with Crippen LogP contribution < -0.4 is 5.32 Å². The normalized spacial score (nSPS) is 19.7. The zero-order chi connectivity index (χ0) is 15.7. The fraction of sp³-hybridized carbons (Fsp3) is 0.267. The van der Waals surface area contributed by atoms with Crippen molar-refractivity contribution in [2.45, 2.75) is 18.9 Å². The first-order valence-corrected chi connectivity index (χ1v) is 8.42. The quantitative estimate of drug-likeness (QED) is 0.835. The third-order valence-corrected chi connectivity index (χ3v) is 4.99. The molecule has 0 saturated heterocycles. The summed E-state index contributed by atoms with van der Waals surface area (Å²) in [6, 6.07) is 8.02. The van der Waals surface area contributed by atoms with Crippen molar-refractivity contribution in [1.82, 2.24) is 10.3 Å². The molecule has 0 bridgehead atoms. The Bertz CT molecular complexity index is 714. The maximum absolute atomic E-state index is 12.1. The Morgan fingerprint density at radius 3 is 2.73 bits per heavy atom. The molecule has 1 saturated carbocycles. The van der Waals surface area contributed by atoms with Crippen molar-refractivity contribution in [1.29, 1.82) is 0 Å². The molecule has 5 nitrogen and oxygen atoms in total. The molecule has 2 atom stereocenters. The van der Waals surface area contributed by atoms with E-state index in [9.17, 15) is 9.59 Å². The molecular formula is C15H13BrN2O3S. The minimum absolute atomic E-state index is 0.00000579. The molecule has 1 aromatic carbocycles. The van der Waals surface area contributed by atoms with Gasteiger partial charge in [-0.3, -0.25) is 4.79 Å². The molecule has 1 amide bonds. The average Bonchev–Trinajstić information content (AvgIpc) is 3.15. The molecule has 0 aliphatic heterocycles. The number of carbonyl (C=O) groups is 2. The second-order valence-electron chi connectivity index (χ2n) is 5.15. The van der Waals surface area contributed by atoms with Crippen LogP contribution in [0, 0.1) is 5.92 Å². The number of nitrogens with one attached hydrogen (secondary N) is 1. The van der Waals surface area contributed by atoms with Crippen molar-refractivity contribution in [2.75, 3.05) is 0 Å². The fourth-order valence-electron chi connectivity index (χ4n) is 2.35. The van der Waals surface area contributed by atoms with Crippen molar-refractivity contribution in [2.24, 2.45) is 5.92 Å². The van der Waals surface area contributed by atoms with Gasteiger partial charge in [-0.05, 0) is 30.0 Å². The summed E-state index contributed by atoms with van der Waals surface area (Å²) in [6.07, 6.45) is 0.853. The molecule has 1 aliphatic carbocycles. The van der Waals surface area contributed by atoms with E-state index in [0.717, 1.165) is 10.9 Å². The Hall–Kier alpha value is -1.73. The van der Waals surface area contributed by atoms with Gasteiger partial charge < -0.3 is 10.4 Å². The summed E-state index contributed by atoms with van der Waals surface area (Å²) >= 11 is 4.63. The van der Waals surface area contributed by atoms with Gasteiger partial charge in [0.15, 0.2) is 5.69 Å². The van der Waals surface area contributed by atoms with Gasteiger partial charge in [-0.2, -0.15) is 0 Å². The summed E-state index contributed by atoms with van der Waals surface area (Å²) in [6.45, 7) is 0.278. The van der Waals surface area contributed by atoms with E-state index in [0.29, 0.717) is 5.01 Å². The van der Waals surface area contributed by atoms with Gasteiger partial charge in [0.05, 0.1) is 6.54 Å². The number of carboxylic acid groups (broad SMARTS) is 1. The standard InChI is InChI=1S/C15H13BrN2O3S/c16-9-3-1-8(2-4-9)10-5-11(10)14(19)17-6-13-18-12(7-22-13)15(20)21/h1-4,7,10-11H,5-6H2,(H,17,19)(H,20,21). The zero-order valence-corrected chi connectivity index (χ0v) is 13.9. The van der Waals surface area contributed by atoms with Gasteiger partial charge in [-0.1, -0.05) is 28.1 Å². The predicted octanol–water partition coefficient (Wildman–Crippen LogP) is 3.02. The topological polar surface area (TPSA) is 79.3 Å². The highest BCUT2D eigenvalue weighted by molar-refractivity contribution is 9.10. The van der Waals surface area contributed by atoms with E-state index in [-0.39, 0.29) is 30.0 Å². The van der Waals surface area contributed by atoms with Crippen molar-refractivity contribution >= 4 is 39.1 Å². The number of amides is 1. The number of nitrogens with zero attached hydrogens (tertiary/aromatic N) is 1. The fourth-order valence-corrected chi connectivity index (χ4v) is 3.32. The zero-order valence-electron chi connectivity index (χ0n) is 11.5. The predicted molar refractivity (Wildman–Crippen MR) is 85.9 cm³/mol. The van der Waals surface area contributed by atoms with E-state index in [4.69, 9.17) is 5.11 Å². The molecule has 1 fully saturated rings. The Morgan fingerprint density at radius 2 is 2.09 bits per heavy atom. The molecule has 2 aromatic rings. The number of carboxylic acids is 1. The Morgan fingerprint density at radius 1 is 1.36 bits per heavy atom. The van der Waals surface area contributed by atoms with Crippen LogP contribution >= 0.6 is 27.3 Å². The summed E-state index contributed by atoms with van der Waals surface area (Å²) in [5.74, 6) is -0.773. The summed E-state index contributed by atoms with van der Waals surface area (Å²) in [5.41, 5.74) is 1.19. The van der Waals surface area contributed by atoms with Crippen LogP contribution in [0.1, 0.15) is 33.4 Å². The van der Waals surface area contributed by atoms with E-state index in [1.807, 2.05) is 24.3 Å². The molecule has 1 heterocycles. The highest BCUT2D eigenvalue weighted by Gasteiger charge is 2.43. The van der Waals surface area contributed by atoms with Crippen LogP contribution in [-0.2, 0) is 11.3 Å². The van der Waals surface area contributed by atoms with Crippen LogP contribution in [0.4, 0.5) is 0 Å². The lowest BCUT2D eigenvalue weighted by atomic mass is 10.1. The number of thiazole rings is 1. The van der Waals surface area contributed by atoms with E-state index >= 15 is 0 Å². The third-order valence-electron chi connectivity index (χ3n) is 3.61. The largest absolute Gasteiger partial charge is 0.476 e. The summed E-state index contributed by atoms with van der Waals surface area (Å²) in [4.78, 5) is 26.8. The molecule has 0 spiro atoms. The van der Waals surface area contributed by atoms with Crippen LogP contribution in [0.5, 0.6) is 0 Å². The SMILES string of the molecule is O=C(O)c1csc(CNC(=O)C2CC2c2ccc(Br)cc2)n1. The minimum atomic E-state index is -1.05. The van der Waals surface area contributed by atoms with E-state index in [1.165, 1.54) is 22.3 Å². The number of aromatic carboxylic acids is 1. The second kappa shape index (κ2) is 6.18. The monoisotopic (exact) mass is 380 g/mol. The molecule has 22 heavy (non-hydrogen) atoms. The molecule has 3 rings (SSSR count). The van der Waals surface area contributed by atoms with Crippen LogP contribution in [0.25, 0.3) is 0 Å². The van der Waals surface area contributed by atoms with Gasteiger partial charge in [0, 0.05) is 15.8 Å². The average molecular weight is 381 g/mol. The highest BCUT2D eigenvalue weighted by atomic mass is 79.9. The van der Waals surface area contributed by atoms with Gasteiger partial charge in [0.1, 0.15) is 5.01 Å². The van der Waals surface area contributed by atoms with Crippen LogP contribution in [-0.4, -0.2) is 22.0 Å². The molecule has 114 valence electrons. The Balaban J connectivity index is 1.53. The minimum Gasteiger partial charge on any atom is -0.476 e. The molecule has 2 unspecified atom stereocenters. The lowest BCUT2D eigenvalue weighted by Crippen LogP contribution is -2.24. The van der Waals surface area contributed by atoms with Crippen molar-refractivity contribution in [3.8, 4) is 0 Å². The number of rotatable bonds is 5. The van der Waals surface area contributed by atoms with Crippen LogP contribution in [0.3, 0.4) is 0 Å². The molecule has 1 aromatic heterocycles. The van der Waals surface area contributed by atoms with Gasteiger partial charge in [0.2, 0.25) is 5.91 Å². The first kappa shape index (κ1) is 15.2. The van der Waals surface area contributed by atoms with Gasteiger partial charge in [-0.25, -0.2) is 9.78 Å². The lowest BCUT2D eigenvalue weighted by molar-refractivity contribution is -0.122. The maximum atomic E-state index is 12.1. The number of hydrogen-bond acceptors (Lipinski definition) is 4. The Kier molecular flexibility index (Phi) is 4.26. The second-order valence-corrected chi connectivity index (χ2v) is 7.01. The van der Waals surface area contributed by atoms with Crippen molar-refractivity contribution < 1.29 is 14.7 Å². The first-order chi connectivity index (χ1) is 10.5. The molecule has 7 heteroatoms. The number of carbonyl (C=O) groups excluding carboxylic acids is 1. The first-order valence-electron chi connectivity index (χ1n) is 6.75. The van der Waals surface area contributed by atoms with Gasteiger partial charge in [-0.15, -0.1) is 11.3 Å². The molecule has 1 aliphatic rings. The maximum Gasteiger partial charge on any atom is 0.355 e. The van der Waals surface area contributed by atoms with E-state index in [1.54, 1.807) is 0 Å². The van der Waals surface area contributed by atoms with Gasteiger partial charge >= 0.3 is 5.97 Å². The number of benzene rings is 1. The lowest BCUT2D eigenvalue weighted by Gasteiger charge is -2.03. The van der Waals surface area contributed by atoms with Gasteiger partial charge in [0.25, 0.3) is 0 Å². The number of aromatic nitrogens is 1. The van der Waals surface area contributed by atoms with Crippen molar-refractivity contribution in [3.63, 3.8) is 0 Å². The molecule has 2 N–H and O–H groups in total. The Labute approximate surface area is 139 Å². The number of hydrogen-bond donors (Lipinski definition) is 2. The summed E-state index contributed by atoms with van der Waals surface area (Å²) in [5, 5.41) is 13.7. The third kappa shape index (κ3) is 3.36. The van der Waals surface area contributed by atoms with Crippen molar-refractivity contribution in [3.05, 3.63) is 50.4 Å². The highest BCUT2D eigenvalue weighted by Crippen LogP contribution is 2.47. The number of halogens is 1. The van der Waals surface area contributed by atoms with Crippen LogP contribution in [0.2, 0.25) is 0 Å². The molecule has 0 radical (unpaired) electrons. The van der Waals surface area contributed by atoms with E-state index in [2.05, 4.69) is 26.2 Å². The smallest absolute Gasteiger partial charge is 0.355 e. The van der Waals surface area contributed by atoms with Crippen LogP contribution in [0.15, 0.2) is 34.1 Å². The summed E-state index contributed by atoms with van der Waals surface area (Å²) in [7, 11) is 0. The van der Waals surface area contributed by atoms with E-state index < -0.39 is 5.97 Å².